The highest BCUT2D eigenvalue weighted by Gasteiger charge is 2.19. The summed E-state index contributed by atoms with van der Waals surface area (Å²) in [7, 11) is 5.93. The Labute approximate surface area is 123 Å². The van der Waals surface area contributed by atoms with Crippen LogP contribution in [0.1, 0.15) is 10.4 Å². The Balaban J connectivity index is 3.04. The van der Waals surface area contributed by atoms with Gasteiger partial charge in [-0.1, -0.05) is 0 Å². The number of aliphatic hydroxyl groups excluding tert-OH is 1. The summed E-state index contributed by atoms with van der Waals surface area (Å²) in [5.74, 6) is 0.807. The zero-order valence-corrected chi connectivity index (χ0v) is 12.6. The summed E-state index contributed by atoms with van der Waals surface area (Å²) in [5.41, 5.74) is 0.332. The quantitative estimate of drug-likeness (QED) is 0.725. The fourth-order valence-electron chi connectivity index (χ4n) is 1.82. The lowest BCUT2D eigenvalue weighted by Gasteiger charge is -2.17. The second kappa shape index (κ2) is 8.33. The number of carbonyl (C=O) groups excluding carboxylic acids is 1. The van der Waals surface area contributed by atoms with Crippen molar-refractivity contribution in [2.24, 2.45) is 0 Å². The van der Waals surface area contributed by atoms with Gasteiger partial charge in [0.15, 0.2) is 11.5 Å². The van der Waals surface area contributed by atoms with E-state index in [0.717, 1.165) is 0 Å². The maximum Gasteiger partial charge on any atom is 0.251 e. The first-order valence-electron chi connectivity index (χ1n) is 6.31. The standard InChI is InChI=1S/C14H21NO6/c1-18-8-10(7-16)15-14(17)9-5-11(19-2)13(21-4)12(6-9)20-3/h5-6,10,16H,7-8H2,1-4H3,(H,15,17). The molecule has 0 fully saturated rings. The van der Waals surface area contributed by atoms with E-state index in [0.29, 0.717) is 22.8 Å². The number of rotatable bonds is 8. The Hall–Kier alpha value is -1.99. The lowest BCUT2D eigenvalue weighted by Crippen LogP contribution is -2.40. The molecule has 1 aromatic carbocycles. The molecule has 0 aliphatic rings. The van der Waals surface area contributed by atoms with Crippen molar-refractivity contribution in [2.75, 3.05) is 41.7 Å². The van der Waals surface area contributed by atoms with E-state index >= 15 is 0 Å². The minimum atomic E-state index is -0.485. The smallest absolute Gasteiger partial charge is 0.251 e. The van der Waals surface area contributed by atoms with E-state index in [-0.39, 0.29) is 19.1 Å². The average molecular weight is 299 g/mol. The minimum absolute atomic E-state index is 0.215. The van der Waals surface area contributed by atoms with Crippen molar-refractivity contribution >= 4 is 5.91 Å². The number of amides is 1. The molecule has 1 atom stereocenters. The van der Waals surface area contributed by atoms with Gasteiger partial charge in [-0.15, -0.1) is 0 Å². The van der Waals surface area contributed by atoms with Crippen LogP contribution in [-0.4, -0.2) is 58.7 Å². The topological polar surface area (TPSA) is 86.3 Å². The van der Waals surface area contributed by atoms with Crippen LogP contribution >= 0.6 is 0 Å². The summed E-state index contributed by atoms with van der Waals surface area (Å²) in [6.45, 7) is -0.00330. The summed E-state index contributed by atoms with van der Waals surface area (Å²) in [4.78, 5) is 12.2. The van der Waals surface area contributed by atoms with Gasteiger partial charge in [-0.05, 0) is 12.1 Å². The van der Waals surface area contributed by atoms with Crippen molar-refractivity contribution in [1.29, 1.82) is 0 Å². The van der Waals surface area contributed by atoms with Crippen molar-refractivity contribution in [3.05, 3.63) is 17.7 Å². The van der Waals surface area contributed by atoms with Crippen molar-refractivity contribution in [2.45, 2.75) is 6.04 Å². The third-order valence-electron chi connectivity index (χ3n) is 2.85. The third kappa shape index (κ3) is 4.24. The van der Waals surface area contributed by atoms with Gasteiger partial charge >= 0.3 is 0 Å². The highest BCUT2D eigenvalue weighted by Crippen LogP contribution is 2.38. The van der Waals surface area contributed by atoms with Crippen LogP contribution in [0.5, 0.6) is 17.2 Å². The maximum atomic E-state index is 12.2. The first-order chi connectivity index (χ1) is 10.1. The Morgan fingerprint density at radius 1 is 1.14 bits per heavy atom. The molecule has 1 rings (SSSR count). The maximum absolute atomic E-state index is 12.2. The average Bonchev–Trinajstić information content (AvgIpc) is 2.52. The Bertz CT molecular complexity index is 452. The monoisotopic (exact) mass is 299 g/mol. The van der Waals surface area contributed by atoms with Gasteiger partial charge in [-0.3, -0.25) is 4.79 Å². The minimum Gasteiger partial charge on any atom is -0.493 e. The van der Waals surface area contributed by atoms with E-state index in [9.17, 15) is 9.90 Å². The molecule has 21 heavy (non-hydrogen) atoms. The highest BCUT2D eigenvalue weighted by atomic mass is 16.5. The van der Waals surface area contributed by atoms with Gasteiger partial charge in [0, 0.05) is 12.7 Å². The molecular weight excluding hydrogens is 278 g/mol. The molecule has 0 aliphatic heterocycles. The van der Waals surface area contributed by atoms with Crippen LogP contribution in [0.4, 0.5) is 0 Å². The number of ether oxygens (including phenoxy) is 4. The summed E-state index contributed by atoms with van der Waals surface area (Å²) in [5, 5.41) is 11.8. The molecule has 118 valence electrons. The van der Waals surface area contributed by atoms with Gasteiger partial charge in [0.05, 0.1) is 40.6 Å². The summed E-state index contributed by atoms with van der Waals surface area (Å²) in [6, 6.07) is 2.59. The number of methoxy groups -OCH3 is 4. The van der Waals surface area contributed by atoms with Crippen LogP contribution in [0, 0.1) is 0 Å². The summed E-state index contributed by atoms with van der Waals surface area (Å²) in [6.07, 6.45) is 0. The van der Waals surface area contributed by atoms with E-state index in [4.69, 9.17) is 18.9 Å². The lowest BCUT2D eigenvalue weighted by molar-refractivity contribution is 0.0839. The van der Waals surface area contributed by atoms with E-state index in [1.807, 2.05) is 0 Å². The molecule has 0 saturated carbocycles. The molecule has 7 heteroatoms. The number of hydrogen-bond acceptors (Lipinski definition) is 6. The molecule has 7 nitrogen and oxygen atoms in total. The highest BCUT2D eigenvalue weighted by molar-refractivity contribution is 5.95. The van der Waals surface area contributed by atoms with Crippen LogP contribution in [-0.2, 0) is 4.74 Å². The van der Waals surface area contributed by atoms with Gasteiger partial charge in [0.25, 0.3) is 5.91 Å². The molecule has 0 heterocycles. The third-order valence-corrected chi connectivity index (χ3v) is 2.85. The second-order valence-electron chi connectivity index (χ2n) is 4.22. The number of hydrogen-bond donors (Lipinski definition) is 2. The summed E-state index contributed by atoms with van der Waals surface area (Å²) < 4.78 is 20.5. The molecule has 0 aliphatic carbocycles. The van der Waals surface area contributed by atoms with Crippen LogP contribution < -0.4 is 19.5 Å². The van der Waals surface area contributed by atoms with Crippen molar-refractivity contribution in [3.63, 3.8) is 0 Å². The predicted molar refractivity (Wildman–Crippen MR) is 76.3 cm³/mol. The van der Waals surface area contributed by atoms with E-state index in [1.54, 1.807) is 0 Å². The Morgan fingerprint density at radius 2 is 1.71 bits per heavy atom. The molecule has 0 bridgehead atoms. The van der Waals surface area contributed by atoms with Gasteiger partial charge in [-0.25, -0.2) is 0 Å². The number of nitrogens with one attached hydrogen (secondary N) is 1. The van der Waals surface area contributed by atoms with Crippen LogP contribution in [0.2, 0.25) is 0 Å². The molecule has 0 saturated heterocycles. The number of aliphatic hydroxyl groups is 1. The number of benzene rings is 1. The fourth-order valence-corrected chi connectivity index (χ4v) is 1.82. The van der Waals surface area contributed by atoms with E-state index in [1.165, 1.54) is 40.6 Å². The molecule has 0 aromatic heterocycles. The van der Waals surface area contributed by atoms with Crippen LogP contribution in [0.25, 0.3) is 0 Å². The van der Waals surface area contributed by atoms with Crippen LogP contribution in [0.3, 0.4) is 0 Å². The van der Waals surface area contributed by atoms with Gasteiger partial charge in [0.1, 0.15) is 0 Å². The first-order valence-corrected chi connectivity index (χ1v) is 6.31. The van der Waals surface area contributed by atoms with E-state index < -0.39 is 6.04 Å². The van der Waals surface area contributed by atoms with E-state index in [2.05, 4.69) is 5.32 Å². The number of carbonyl (C=O) groups is 1. The lowest BCUT2D eigenvalue weighted by atomic mass is 10.1. The Kier molecular flexibility index (Phi) is 6.77. The normalized spacial score (nSPS) is 11.7. The molecule has 2 N–H and O–H groups in total. The zero-order chi connectivity index (χ0) is 15.8. The second-order valence-corrected chi connectivity index (χ2v) is 4.22. The predicted octanol–water partition coefficient (Wildman–Crippen LogP) is 0.449. The van der Waals surface area contributed by atoms with Crippen molar-refractivity contribution in [3.8, 4) is 17.2 Å². The molecular formula is C14H21NO6. The molecule has 1 unspecified atom stereocenters. The van der Waals surface area contributed by atoms with Gasteiger partial charge in [-0.2, -0.15) is 0 Å². The molecule has 1 amide bonds. The first kappa shape index (κ1) is 17.1. The molecule has 0 radical (unpaired) electrons. The Morgan fingerprint density at radius 3 is 2.10 bits per heavy atom. The molecule has 0 spiro atoms. The van der Waals surface area contributed by atoms with Crippen LogP contribution in [0.15, 0.2) is 12.1 Å². The fraction of sp³-hybridized carbons (Fsp3) is 0.500. The van der Waals surface area contributed by atoms with Crippen molar-refractivity contribution in [1.82, 2.24) is 5.32 Å². The summed E-state index contributed by atoms with van der Waals surface area (Å²) >= 11 is 0. The van der Waals surface area contributed by atoms with Gasteiger partial charge in [0.2, 0.25) is 5.75 Å². The zero-order valence-electron chi connectivity index (χ0n) is 12.6. The largest absolute Gasteiger partial charge is 0.493 e. The van der Waals surface area contributed by atoms with Gasteiger partial charge < -0.3 is 29.4 Å². The molecule has 1 aromatic rings. The van der Waals surface area contributed by atoms with Crippen molar-refractivity contribution < 1.29 is 28.8 Å². The SMILES string of the molecule is COCC(CO)NC(=O)c1cc(OC)c(OC)c(OC)c1.